The van der Waals surface area contributed by atoms with Gasteiger partial charge in [-0.3, -0.25) is 9.36 Å². The Morgan fingerprint density at radius 2 is 1.97 bits per heavy atom. The molecule has 0 aliphatic carbocycles. The maximum atomic E-state index is 13.1. The molecule has 2 aromatic heterocycles. The number of ether oxygens (including phenoxy) is 1. The predicted molar refractivity (Wildman–Crippen MR) is 124 cm³/mol. The molecule has 1 N–H and O–H groups in total. The first-order valence-corrected chi connectivity index (χ1v) is 10.6. The highest BCUT2D eigenvalue weighted by molar-refractivity contribution is 6.06. The monoisotopic (exact) mass is 450 g/mol. The van der Waals surface area contributed by atoms with Crippen LogP contribution in [0.4, 0.5) is 5.69 Å². The molecule has 0 fully saturated rings. The van der Waals surface area contributed by atoms with Gasteiger partial charge in [0.25, 0.3) is 5.91 Å². The average molecular weight is 450 g/mol. The summed E-state index contributed by atoms with van der Waals surface area (Å²) in [5.41, 5.74) is 3.64. The molecule has 0 unspecified atom stereocenters. The molecule has 33 heavy (non-hydrogen) atoms. The van der Waals surface area contributed by atoms with Crippen LogP contribution in [-0.4, -0.2) is 41.2 Å². The van der Waals surface area contributed by atoms with Crippen LogP contribution in [0.15, 0.2) is 56.2 Å². The number of nitrogens with zero attached hydrogens (tertiary/aromatic N) is 3. The Bertz CT molecular complexity index is 1330. The highest BCUT2D eigenvalue weighted by atomic mass is 16.5. The number of rotatable bonds is 8. The number of hydrogen-bond donors (Lipinski definition) is 1. The lowest BCUT2D eigenvalue weighted by atomic mass is 10.1. The quantitative estimate of drug-likeness (QED) is 0.438. The van der Waals surface area contributed by atoms with Crippen LogP contribution in [-0.2, 0) is 13.2 Å². The normalized spacial score (nSPS) is 11.3. The Morgan fingerprint density at radius 1 is 1.18 bits per heavy atom. The molecular formula is C24H26N4O5. The molecule has 0 aliphatic rings. The van der Waals surface area contributed by atoms with E-state index in [-0.39, 0.29) is 12.5 Å². The molecule has 0 radical (unpaired) electrons. The molecule has 0 bridgehead atoms. The zero-order valence-corrected chi connectivity index (χ0v) is 19.0. The number of carbonyl (C=O) groups is 1. The summed E-state index contributed by atoms with van der Waals surface area (Å²) in [5, 5.41) is 6.82. The summed E-state index contributed by atoms with van der Waals surface area (Å²) in [6.45, 7) is 5.07. The third kappa shape index (κ3) is 4.83. The highest BCUT2D eigenvalue weighted by Crippen LogP contribution is 2.24. The summed E-state index contributed by atoms with van der Waals surface area (Å²) >= 11 is 0. The third-order valence-corrected chi connectivity index (χ3v) is 5.38. The van der Waals surface area contributed by atoms with Gasteiger partial charge in [0.1, 0.15) is 18.1 Å². The van der Waals surface area contributed by atoms with E-state index in [0.717, 1.165) is 11.3 Å². The fraction of sp³-hybridized carbons (Fsp3) is 0.292. The second-order valence-electron chi connectivity index (χ2n) is 8.05. The number of amides is 1. The van der Waals surface area contributed by atoms with Crippen LogP contribution in [0.5, 0.6) is 5.75 Å². The molecule has 9 nitrogen and oxygen atoms in total. The van der Waals surface area contributed by atoms with Crippen molar-refractivity contribution in [2.75, 3.05) is 26.0 Å². The summed E-state index contributed by atoms with van der Waals surface area (Å²) in [7, 11) is 3.87. The zero-order chi connectivity index (χ0) is 23.5. The van der Waals surface area contributed by atoms with E-state index in [4.69, 9.17) is 13.7 Å². The molecule has 0 saturated carbocycles. The van der Waals surface area contributed by atoms with Crippen molar-refractivity contribution in [2.24, 2.45) is 0 Å². The van der Waals surface area contributed by atoms with Crippen LogP contribution in [0.25, 0.3) is 11.1 Å². The largest absolute Gasteiger partial charge is 0.488 e. The van der Waals surface area contributed by atoms with Crippen LogP contribution in [0.3, 0.4) is 0 Å². The van der Waals surface area contributed by atoms with Crippen LogP contribution in [0.1, 0.15) is 27.4 Å². The van der Waals surface area contributed by atoms with Gasteiger partial charge in [-0.15, -0.1) is 0 Å². The summed E-state index contributed by atoms with van der Waals surface area (Å²) in [5.74, 6) is 0.383. The maximum absolute atomic E-state index is 13.1. The van der Waals surface area contributed by atoms with Gasteiger partial charge in [0.2, 0.25) is 0 Å². The number of para-hydroxylation sites is 1. The Labute approximate surface area is 190 Å². The lowest BCUT2D eigenvalue weighted by Crippen LogP contribution is -2.23. The number of fused-ring (bicyclic) bond motifs is 1. The van der Waals surface area contributed by atoms with Crippen molar-refractivity contribution >= 4 is 22.7 Å². The molecule has 0 saturated heterocycles. The standard InChI is InChI=1S/C24H26N4O5/c1-15-19(16(2)33-26-15)14-31-21-8-6-5-7-18(21)23(29)25-17-9-10-22-20(13-17)28(24(30)32-22)12-11-27(3)4/h5-10,13H,11-12,14H2,1-4H3,(H,25,29). The minimum Gasteiger partial charge on any atom is -0.488 e. The van der Waals surface area contributed by atoms with Gasteiger partial charge in [-0.2, -0.15) is 0 Å². The first kappa shape index (κ1) is 22.3. The first-order valence-electron chi connectivity index (χ1n) is 10.6. The van der Waals surface area contributed by atoms with Crippen LogP contribution in [0.2, 0.25) is 0 Å². The van der Waals surface area contributed by atoms with Gasteiger partial charge in [-0.1, -0.05) is 17.3 Å². The maximum Gasteiger partial charge on any atom is 0.419 e. The Kier molecular flexibility index (Phi) is 6.32. The van der Waals surface area contributed by atoms with Crippen molar-refractivity contribution in [3.63, 3.8) is 0 Å². The first-order chi connectivity index (χ1) is 15.8. The van der Waals surface area contributed by atoms with Gasteiger partial charge in [-0.25, -0.2) is 4.79 Å². The lowest BCUT2D eigenvalue weighted by molar-refractivity contribution is 0.102. The Morgan fingerprint density at radius 3 is 2.70 bits per heavy atom. The number of aromatic nitrogens is 2. The minimum absolute atomic E-state index is 0.241. The summed E-state index contributed by atoms with van der Waals surface area (Å²) < 4.78 is 18.0. The van der Waals surface area contributed by atoms with Crippen molar-refractivity contribution in [2.45, 2.75) is 27.0 Å². The molecular weight excluding hydrogens is 424 g/mol. The van der Waals surface area contributed by atoms with Gasteiger partial charge < -0.3 is 23.9 Å². The highest BCUT2D eigenvalue weighted by Gasteiger charge is 2.16. The van der Waals surface area contributed by atoms with E-state index in [1.165, 1.54) is 0 Å². The molecule has 4 aromatic rings. The molecule has 2 aromatic carbocycles. The van der Waals surface area contributed by atoms with Gasteiger partial charge in [0.05, 0.1) is 22.3 Å². The Balaban J connectivity index is 1.55. The molecule has 4 rings (SSSR count). The molecule has 1 amide bonds. The molecule has 172 valence electrons. The van der Waals surface area contributed by atoms with Crippen molar-refractivity contribution in [3.05, 3.63) is 75.6 Å². The molecule has 2 heterocycles. The number of carbonyl (C=O) groups excluding carboxylic acids is 1. The fourth-order valence-electron chi connectivity index (χ4n) is 3.49. The second kappa shape index (κ2) is 9.33. The van der Waals surface area contributed by atoms with Gasteiger partial charge >= 0.3 is 5.76 Å². The third-order valence-electron chi connectivity index (χ3n) is 5.38. The van der Waals surface area contributed by atoms with E-state index < -0.39 is 5.76 Å². The molecule has 0 spiro atoms. The van der Waals surface area contributed by atoms with E-state index in [2.05, 4.69) is 10.5 Å². The summed E-state index contributed by atoms with van der Waals surface area (Å²) in [4.78, 5) is 27.3. The van der Waals surface area contributed by atoms with Crippen LogP contribution in [0, 0.1) is 13.8 Å². The van der Waals surface area contributed by atoms with E-state index >= 15 is 0 Å². The number of oxazole rings is 1. The van der Waals surface area contributed by atoms with Crippen molar-refractivity contribution < 1.29 is 18.5 Å². The second-order valence-corrected chi connectivity index (χ2v) is 8.05. The number of hydrogen-bond acceptors (Lipinski definition) is 7. The average Bonchev–Trinajstić information content (AvgIpc) is 3.28. The van der Waals surface area contributed by atoms with E-state index in [1.807, 2.05) is 32.8 Å². The smallest absolute Gasteiger partial charge is 0.419 e. The fourth-order valence-corrected chi connectivity index (χ4v) is 3.49. The SMILES string of the molecule is Cc1noc(C)c1COc1ccccc1C(=O)Nc1ccc2oc(=O)n(CCN(C)C)c2c1. The van der Waals surface area contributed by atoms with E-state index in [9.17, 15) is 9.59 Å². The predicted octanol–water partition coefficient (Wildman–Crippen LogP) is 3.59. The lowest BCUT2D eigenvalue weighted by Gasteiger charge is -2.12. The number of aryl methyl sites for hydroxylation is 2. The summed E-state index contributed by atoms with van der Waals surface area (Å²) in [6, 6.07) is 12.1. The van der Waals surface area contributed by atoms with E-state index in [1.54, 1.807) is 47.0 Å². The van der Waals surface area contributed by atoms with Crippen LogP contribution < -0.4 is 15.8 Å². The minimum atomic E-state index is -0.423. The number of nitrogens with one attached hydrogen (secondary N) is 1. The van der Waals surface area contributed by atoms with Crippen molar-refractivity contribution in [1.29, 1.82) is 0 Å². The molecule has 0 aliphatic heterocycles. The van der Waals surface area contributed by atoms with Gasteiger partial charge in [0.15, 0.2) is 5.58 Å². The van der Waals surface area contributed by atoms with Crippen LogP contribution >= 0.6 is 0 Å². The van der Waals surface area contributed by atoms with Gasteiger partial charge in [0, 0.05) is 18.8 Å². The molecule has 9 heteroatoms. The number of anilines is 1. The number of benzene rings is 2. The number of likely N-dealkylation sites (N-methyl/N-ethyl adjacent to an activating group) is 1. The van der Waals surface area contributed by atoms with Crippen molar-refractivity contribution in [1.82, 2.24) is 14.6 Å². The zero-order valence-electron chi connectivity index (χ0n) is 19.0. The van der Waals surface area contributed by atoms with Crippen molar-refractivity contribution in [3.8, 4) is 5.75 Å². The summed E-state index contributed by atoms with van der Waals surface area (Å²) in [6.07, 6.45) is 0. The molecule has 0 atom stereocenters. The Hall–Kier alpha value is -3.85. The van der Waals surface area contributed by atoms with Gasteiger partial charge in [-0.05, 0) is 58.3 Å². The van der Waals surface area contributed by atoms with E-state index in [0.29, 0.717) is 46.9 Å². The topological polar surface area (TPSA) is 103 Å².